The van der Waals surface area contributed by atoms with Gasteiger partial charge in [0.15, 0.2) is 5.13 Å². The van der Waals surface area contributed by atoms with Crippen LogP contribution >= 0.6 is 11.3 Å². The highest BCUT2D eigenvalue weighted by Crippen LogP contribution is 2.29. The van der Waals surface area contributed by atoms with E-state index < -0.39 is 11.7 Å². The number of rotatable bonds is 12. The van der Waals surface area contributed by atoms with Gasteiger partial charge in [-0.2, -0.15) is 13.2 Å². The minimum atomic E-state index is -4.34. The fourth-order valence-corrected chi connectivity index (χ4v) is 4.69. The van der Waals surface area contributed by atoms with Crippen LogP contribution in [0, 0.1) is 0 Å². The number of hydrogen-bond acceptors (Lipinski definition) is 8. The van der Waals surface area contributed by atoms with Crippen molar-refractivity contribution in [3.8, 4) is 0 Å². The number of nitrogens with two attached hydrogens (primary N) is 2. The molecule has 3 rings (SSSR count). The van der Waals surface area contributed by atoms with Gasteiger partial charge in [0.2, 0.25) is 0 Å². The summed E-state index contributed by atoms with van der Waals surface area (Å²) in [6.45, 7) is 4.54. The van der Waals surface area contributed by atoms with Gasteiger partial charge >= 0.3 is 6.18 Å². The van der Waals surface area contributed by atoms with E-state index in [1.54, 1.807) is 18.4 Å². The molecule has 7 nitrogen and oxygen atoms in total. The van der Waals surface area contributed by atoms with E-state index in [0.717, 1.165) is 49.5 Å². The molecule has 0 bridgehead atoms. The Morgan fingerprint density at radius 3 is 2.61 bits per heavy atom. The molecule has 1 aromatic carbocycles. The van der Waals surface area contributed by atoms with E-state index in [4.69, 9.17) is 21.0 Å². The highest BCUT2D eigenvalue weighted by molar-refractivity contribution is 7.15. The van der Waals surface area contributed by atoms with E-state index in [2.05, 4.69) is 22.4 Å². The highest BCUT2D eigenvalue weighted by Gasteiger charge is 2.30. The third-order valence-corrected chi connectivity index (χ3v) is 6.53. The van der Waals surface area contributed by atoms with E-state index in [1.807, 2.05) is 0 Å². The predicted octanol–water partition coefficient (Wildman–Crippen LogP) is 4.78. The van der Waals surface area contributed by atoms with Crippen molar-refractivity contribution in [2.24, 2.45) is 10.9 Å². The molecule has 1 aliphatic rings. The number of oxime groups is 1. The zero-order chi connectivity index (χ0) is 26.4. The van der Waals surface area contributed by atoms with Gasteiger partial charge in [0.25, 0.3) is 0 Å². The second kappa shape index (κ2) is 15.8. The fraction of sp³-hybridized carbons (Fsp3) is 0.600. The van der Waals surface area contributed by atoms with Crippen LogP contribution in [-0.4, -0.2) is 50.2 Å². The molecule has 2 aromatic rings. The number of aryl methyl sites for hydroxylation is 1. The summed E-state index contributed by atoms with van der Waals surface area (Å²) in [5.41, 5.74) is 12.8. The lowest BCUT2D eigenvalue weighted by atomic mass is 9.98. The molecule has 1 aliphatic carbocycles. The Bertz CT molecular complexity index is 919. The van der Waals surface area contributed by atoms with E-state index in [0.29, 0.717) is 36.9 Å². The molecule has 0 saturated heterocycles. The van der Waals surface area contributed by atoms with Crippen LogP contribution < -0.4 is 16.8 Å². The van der Waals surface area contributed by atoms with Gasteiger partial charge in [-0.25, -0.2) is 4.98 Å². The summed E-state index contributed by atoms with van der Waals surface area (Å²) in [6.07, 6.45) is 2.51. The number of unbranched alkanes of at least 4 members (excludes halogenated alkanes) is 1. The first-order valence-corrected chi connectivity index (χ1v) is 13.1. The van der Waals surface area contributed by atoms with E-state index in [1.165, 1.54) is 35.5 Å². The summed E-state index contributed by atoms with van der Waals surface area (Å²) in [6, 6.07) is 5.54. The fourth-order valence-electron chi connectivity index (χ4n) is 3.73. The van der Waals surface area contributed by atoms with E-state index >= 15 is 0 Å². The number of anilines is 1. The monoisotopic (exact) mass is 529 g/mol. The summed E-state index contributed by atoms with van der Waals surface area (Å²) >= 11 is 1.65. The maximum atomic E-state index is 12.6. The van der Waals surface area contributed by atoms with Crippen molar-refractivity contribution in [1.29, 1.82) is 0 Å². The molecule has 0 saturated carbocycles. The van der Waals surface area contributed by atoms with Crippen molar-refractivity contribution in [1.82, 2.24) is 10.3 Å². The normalized spacial score (nSPS) is 15.7. The van der Waals surface area contributed by atoms with Gasteiger partial charge in [0.05, 0.1) is 17.0 Å². The molecule has 5 N–H and O–H groups in total. The van der Waals surface area contributed by atoms with Gasteiger partial charge in [0.1, 0.15) is 6.61 Å². The lowest BCUT2D eigenvalue weighted by Gasteiger charge is -2.21. The van der Waals surface area contributed by atoms with Crippen molar-refractivity contribution < 1.29 is 22.7 Å². The Morgan fingerprint density at radius 1 is 1.22 bits per heavy atom. The summed E-state index contributed by atoms with van der Waals surface area (Å²) in [4.78, 5) is 10.8. The molecule has 0 radical (unpaired) electrons. The Balaban J connectivity index is 0.000000278. The molecule has 0 fully saturated rings. The largest absolute Gasteiger partial charge is 0.416 e. The number of methoxy groups -OCH3 is 1. The number of fused-ring (bicyclic) bond motifs is 1. The maximum Gasteiger partial charge on any atom is 0.416 e. The van der Waals surface area contributed by atoms with E-state index in [-0.39, 0.29) is 6.61 Å². The Hall–Kier alpha value is -2.21. The first-order chi connectivity index (χ1) is 17.3. The number of nitrogens with one attached hydrogen (secondary N) is 1. The molecule has 1 aromatic heterocycles. The number of thiazole rings is 1. The van der Waals surface area contributed by atoms with Crippen LogP contribution in [0.1, 0.15) is 60.7 Å². The smallest absolute Gasteiger partial charge is 0.394 e. The second-order valence-corrected chi connectivity index (χ2v) is 9.62. The molecule has 202 valence electrons. The first-order valence-electron chi connectivity index (χ1n) is 12.3. The van der Waals surface area contributed by atoms with Crippen LogP contribution in [-0.2, 0) is 28.6 Å². The molecule has 0 amide bonds. The third kappa shape index (κ3) is 10.4. The lowest BCUT2D eigenvalue weighted by Crippen LogP contribution is -2.34. The van der Waals surface area contributed by atoms with Crippen molar-refractivity contribution in [3.05, 3.63) is 46.0 Å². The van der Waals surface area contributed by atoms with Crippen LogP contribution in [0.3, 0.4) is 0 Å². The van der Waals surface area contributed by atoms with Crippen LogP contribution in [0.5, 0.6) is 0 Å². The molecule has 0 spiro atoms. The Morgan fingerprint density at radius 2 is 1.97 bits per heavy atom. The number of alkyl halides is 3. The van der Waals surface area contributed by atoms with Gasteiger partial charge in [-0.15, -0.1) is 11.3 Å². The van der Waals surface area contributed by atoms with Gasteiger partial charge in [0, 0.05) is 31.2 Å². The molecule has 11 heteroatoms. The van der Waals surface area contributed by atoms with E-state index in [9.17, 15) is 13.2 Å². The molecular formula is C25H38F3N5O2S. The molecule has 1 heterocycles. The number of ether oxygens (including phenoxy) is 1. The maximum absolute atomic E-state index is 12.6. The number of hydrogen-bond donors (Lipinski definition) is 3. The summed E-state index contributed by atoms with van der Waals surface area (Å²) in [7, 11) is 1.62. The quantitative estimate of drug-likeness (QED) is 0.207. The molecule has 0 unspecified atom stereocenters. The predicted molar refractivity (Wildman–Crippen MR) is 139 cm³/mol. The standard InChI is InChI=1S/C15H21F3N2O2.C10H17N3S/c1-21-10-3-2-4-14(20-22-11-9-19)12-5-7-13(8-6-12)15(16,17)18;1-2-5-12-7-3-4-8-9(6-7)14-10(11)13-8/h5-8H,2-4,9-11,19H2,1H3;7,12H,2-6H2,1H3,(H2,11,13)/b20-14+;/t;7-/m.0/s1. The summed E-state index contributed by atoms with van der Waals surface area (Å²) < 4.78 is 42.7. The number of aromatic nitrogens is 1. The van der Waals surface area contributed by atoms with Crippen LogP contribution in [0.15, 0.2) is 29.4 Å². The van der Waals surface area contributed by atoms with Crippen LogP contribution in [0.2, 0.25) is 0 Å². The SMILES string of the molecule is CCCN[C@H]1CCc2nc(N)sc2C1.COCCCC/C(=N\OCCN)c1ccc(C(F)(F)F)cc1. The molecule has 1 atom stereocenters. The number of halogens is 3. The average molecular weight is 530 g/mol. The van der Waals surface area contributed by atoms with Gasteiger partial charge in [-0.3, -0.25) is 0 Å². The zero-order valence-corrected chi connectivity index (χ0v) is 21.9. The average Bonchev–Trinajstić information content (AvgIpc) is 3.23. The van der Waals surface area contributed by atoms with Crippen molar-refractivity contribution in [3.63, 3.8) is 0 Å². The minimum absolute atomic E-state index is 0.266. The highest BCUT2D eigenvalue weighted by atomic mass is 32.1. The second-order valence-electron chi connectivity index (χ2n) is 8.50. The van der Waals surface area contributed by atoms with Crippen molar-refractivity contribution >= 4 is 22.2 Å². The Kier molecular flexibility index (Phi) is 13.2. The number of nitrogen functional groups attached to an aromatic ring is 1. The third-order valence-electron chi connectivity index (χ3n) is 5.58. The molecule has 0 aliphatic heterocycles. The van der Waals surface area contributed by atoms with Gasteiger partial charge in [-0.1, -0.05) is 24.2 Å². The van der Waals surface area contributed by atoms with Crippen molar-refractivity contribution in [2.75, 3.05) is 39.1 Å². The summed E-state index contributed by atoms with van der Waals surface area (Å²) in [5, 5.41) is 8.28. The lowest BCUT2D eigenvalue weighted by molar-refractivity contribution is -0.137. The van der Waals surface area contributed by atoms with Gasteiger partial charge < -0.3 is 26.4 Å². The topological polar surface area (TPSA) is 108 Å². The molecular weight excluding hydrogens is 491 g/mol. The molecule has 36 heavy (non-hydrogen) atoms. The first kappa shape index (κ1) is 30.0. The Labute approximate surface area is 215 Å². The van der Waals surface area contributed by atoms with Crippen LogP contribution in [0.25, 0.3) is 0 Å². The number of benzene rings is 1. The number of nitrogens with zero attached hydrogens (tertiary/aromatic N) is 2. The van der Waals surface area contributed by atoms with Gasteiger partial charge in [-0.05, 0) is 69.2 Å². The van der Waals surface area contributed by atoms with Crippen molar-refractivity contribution in [2.45, 2.75) is 64.1 Å². The zero-order valence-electron chi connectivity index (χ0n) is 21.1. The minimum Gasteiger partial charge on any atom is -0.394 e. The van der Waals surface area contributed by atoms with Crippen LogP contribution in [0.4, 0.5) is 18.3 Å². The summed E-state index contributed by atoms with van der Waals surface area (Å²) in [5.74, 6) is 0.